The SMILES string of the molecule is O=S(=O)(Cc1ccccc1Cl)NCC1CCN([C@H]2CCSC2)CC1. The van der Waals surface area contributed by atoms with Gasteiger partial charge in [-0.05, 0) is 55.7 Å². The van der Waals surface area contributed by atoms with E-state index in [0.717, 1.165) is 32.0 Å². The third kappa shape index (κ3) is 5.11. The molecule has 3 rings (SSSR count). The fourth-order valence-corrected chi connectivity index (χ4v) is 6.24. The fraction of sp³-hybridized carbons (Fsp3) is 0.647. The Morgan fingerprint density at radius 2 is 1.96 bits per heavy atom. The Labute approximate surface area is 154 Å². The van der Waals surface area contributed by atoms with Crippen LogP contribution in [0, 0.1) is 5.92 Å². The van der Waals surface area contributed by atoms with Crippen molar-refractivity contribution in [1.82, 2.24) is 9.62 Å². The van der Waals surface area contributed by atoms with Gasteiger partial charge in [-0.25, -0.2) is 13.1 Å². The molecule has 2 heterocycles. The molecule has 24 heavy (non-hydrogen) atoms. The summed E-state index contributed by atoms with van der Waals surface area (Å²) in [5, 5.41) is 0.505. The van der Waals surface area contributed by atoms with E-state index in [1.807, 2.05) is 23.9 Å². The smallest absolute Gasteiger partial charge is 0.215 e. The van der Waals surface area contributed by atoms with Gasteiger partial charge in [0, 0.05) is 23.4 Å². The predicted octanol–water partition coefficient (Wildman–Crippen LogP) is 2.98. The number of halogens is 1. The van der Waals surface area contributed by atoms with E-state index in [4.69, 9.17) is 11.6 Å². The Morgan fingerprint density at radius 3 is 2.62 bits per heavy atom. The van der Waals surface area contributed by atoms with Gasteiger partial charge in [0.2, 0.25) is 10.0 Å². The average molecular weight is 389 g/mol. The van der Waals surface area contributed by atoms with Crippen molar-refractivity contribution in [2.75, 3.05) is 31.1 Å². The number of benzene rings is 1. The number of rotatable bonds is 6. The lowest BCUT2D eigenvalue weighted by molar-refractivity contribution is 0.145. The molecule has 7 heteroatoms. The number of sulfonamides is 1. The van der Waals surface area contributed by atoms with Gasteiger partial charge in [0.15, 0.2) is 0 Å². The topological polar surface area (TPSA) is 49.4 Å². The van der Waals surface area contributed by atoms with E-state index in [2.05, 4.69) is 9.62 Å². The van der Waals surface area contributed by atoms with Gasteiger partial charge in [-0.2, -0.15) is 11.8 Å². The van der Waals surface area contributed by atoms with Crippen molar-refractivity contribution in [3.63, 3.8) is 0 Å². The molecule has 1 aromatic rings. The monoisotopic (exact) mass is 388 g/mol. The summed E-state index contributed by atoms with van der Waals surface area (Å²) in [6.07, 6.45) is 3.46. The summed E-state index contributed by atoms with van der Waals surface area (Å²) >= 11 is 8.11. The molecule has 1 aromatic carbocycles. The molecule has 2 aliphatic rings. The van der Waals surface area contributed by atoms with Crippen LogP contribution in [0.5, 0.6) is 0 Å². The second-order valence-corrected chi connectivity index (χ2v) is 10.1. The Bertz CT molecular complexity index is 640. The van der Waals surface area contributed by atoms with Crippen molar-refractivity contribution < 1.29 is 8.42 Å². The molecule has 0 bridgehead atoms. The molecular weight excluding hydrogens is 364 g/mol. The van der Waals surface area contributed by atoms with E-state index in [9.17, 15) is 8.42 Å². The highest BCUT2D eigenvalue weighted by Gasteiger charge is 2.28. The number of hydrogen-bond donors (Lipinski definition) is 1. The van der Waals surface area contributed by atoms with Gasteiger partial charge in [0.05, 0.1) is 5.75 Å². The molecule has 0 aliphatic carbocycles. The van der Waals surface area contributed by atoms with Crippen molar-refractivity contribution in [2.24, 2.45) is 5.92 Å². The maximum Gasteiger partial charge on any atom is 0.215 e. The normalized spacial score (nSPS) is 23.6. The Morgan fingerprint density at radius 1 is 1.21 bits per heavy atom. The maximum absolute atomic E-state index is 12.3. The first kappa shape index (κ1) is 18.5. The molecule has 4 nitrogen and oxygen atoms in total. The molecule has 0 spiro atoms. The van der Waals surface area contributed by atoms with Crippen LogP contribution in [0.3, 0.4) is 0 Å². The van der Waals surface area contributed by atoms with Crippen LogP contribution in [0.1, 0.15) is 24.8 Å². The number of nitrogens with one attached hydrogen (secondary N) is 1. The second-order valence-electron chi connectivity index (χ2n) is 6.70. The Kier molecular flexibility index (Phi) is 6.49. The number of piperidine rings is 1. The number of likely N-dealkylation sites (tertiary alicyclic amines) is 1. The molecule has 134 valence electrons. The molecule has 0 amide bonds. The van der Waals surface area contributed by atoms with Gasteiger partial charge in [0.25, 0.3) is 0 Å². The summed E-state index contributed by atoms with van der Waals surface area (Å²) in [5.41, 5.74) is 0.653. The zero-order chi connectivity index (χ0) is 17.0. The highest BCUT2D eigenvalue weighted by atomic mass is 35.5. The molecular formula is C17H25ClN2O2S2. The molecule has 1 atom stereocenters. The van der Waals surface area contributed by atoms with Gasteiger partial charge < -0.3 is 0 Å². The molecule has 0 aromatic heterocycles. The molecule has 2 fully saturated rings. The lowest BCUT2D eigenvalue weighted by Gasteiger charge is -2.35. The van der Waals surface area contributed by atoms with E-state index in [1.54, 1.807) is 12.1 Å². The van der Waals surface area contributed by atoms with Gasteiger partial charge in [-0.3, -0.25) is 4.90 Å². The highest BCUT2D eigenvalue weighted by Crippen LogP contribution is 2.26. The van der Waals surface area contributed by atoms with Gasteiger partial charge in [0.1, 0.15) is 0 Å². The summed E-state index contributed by atoms with van der Waals surface area (Å²) in [6, 6.07) is 7.85. The van der Waals surface area contributed by atoms with Gasteiger partial charge in [-0.1, -0.05) is 29.8 Å². The number of nitrogens with zero attached hydrogens (tertiary/aromatic N) is 1. The van der Waals surface area contributed by atoms with Gasteiger partial charge in [-0.15, -0.1) is 0 Å². The van der Waals surface area contributed by atoms with Crippen LogP contribution >= 0.6 is 23.4 Å². The van der Waals surface area contributed by atoms with E-state index < -0.39 is 10.0 Å². The zero-order valence-electron chi connectivity index (χ0n) is 13.8. The van der Waals surface area contributed by atoms with E-state index >= 15 is 0 Å². The minimum absolute atomic E-state index is 0.0508. The van der Waals surface area contributed by atoms with Crippen LogP contribution in [-0.4, -0.2) is 50.5 Å². The van der Waals surface area contributed by atoms with Crippen molar-refractivity contribution in [1.29, 1.82) is 0 Å². The van der Waals surface area contributed by atoms with Gasteiger partial charge >= 0.3 is 0 Å². The van der Waals surface area contributed by atoms with Crippen LogP contribution in [0.25, 0.3) is 0 Å². The van der Waals surface area contributed by atoms with Crippen LogP contribution in [0.15, 0.2) is 24.3 Å². The first-order valence-corrected chi connectivity index (χ1v) is 11.7. The van der Waals surface area contributed by atoms with E-state index in [0.29, 0.717) is 23.0 Å². The van der Waals surface area contributed by atoms with Crippen molar-refractivity contribution in [3.8, 4) is 0 Å². The molecule has 1 N–H and O–H groups in total. The molecule has 2 saturated heterocycles. The highest BCUT2D eigenvalue weighted by molar-refractivity contribution is 7.99. The molecule has 0 saturated carbocycles. The zero-order valence-corrected chi connectivity index (χ0v) is 16.2. The minimum atomic E-state index is -3.34. The second kappa shape index (κ2) is 8.41. The first-order chi connectivity index (χ1) is 11.5. The third-order valence-corrected chi connectivity index (χ3v) is 7.78. The summed E-state index contributed by atoms with van der Waals surface area (Å²) < 4.78 is 27.4. The molecule has 0 unspecified atom stereocenters. The number of hydrogen-bond acceptors (Lipinski definition) is 4. The predicted molar refractivity (Wildman–Crippen MR) is 102 cm³/mol. The van der Waals surface area contributed by atoms with E-state index in [-0.39, 0.29) is 5.75 Å². The van der Waals surface area contributed by atoms with Crippen LogP contribution in [0.4, 0.5) is 0 Å². The quantitative estimate of drug-likeness (QED) is 0.813. The summed E-state index contributed by atoms with van der Waals surface area (Å²) in [6.45, 7) is 2.74. The third-order valence-electron chi connectivity index (χ3n) is 4.97. The largest absolute Gasteiger partial charge is 0.300 e. The Balaban J connectivity index is 1.45. The minimum Gasteiger partial charge on any atom is -0.300 e. The van der Waals surface area contributed by atoms with Crippen LogP contribution < -0.4 is 4.72 Å². The van der Waals surface area contributed by atoms with Crippen molar-refractivity contribution in [3.05, 3.63) is 34.9 Å². The standard InChI is InChI=1S/C17H25ClN2O2S2/c18-17-4-2-1-3-15(17)13-24(21,22)19-11-14-5-8-20(9-6-14)16-7-10-23-12-16/h1-4,14,16,19H,5-13H2/t16-/m0/s1. The van der Waals surface area contributed by atoms with Crippen LogP contribution in [0.2, 0.25) is 5.02 Å². The maximum atomic E-state index is 12.3. The summed E-state index contributed by atoms with van der Waals surface area (Å²) in [7, 11) is -3.34. The van der Waals surface area contributed by atoms with Crippen molar-refractivity contribution >= 4 is 33.4 Å². The van der Waals surface area contributed by atoms with E-state index in [1.165, 1.54) is 17.9 Å². The Hall–Kier alpha value is -0.270. The lowest BCUT2D eigenvalue weighted by Crippen LogP contribution is -2.43. The molecule has 0 radical (unpaired) electrons. The fourth-order valence-electron chi connectivity index (χ4n) is 3.45. The van der Waals surface area contributed by atoms with Crippen molar-refractivity contribution in [2.45, 2.75) is 31.1 Å². The lowest BCUT2D eigenvalue weighted by atomic mass is 9.96. The first-order valence-electron chi connectivity index (χ1n) is 8.56. The summed E-state index contributed by atoms with van der Waals surface area (Å²) in [4.78, 5) is 2.59. The number of thioether (sulfide) groups is 1. The summed E-state index contributed by atoms with van der Waals surface area (Å²) in [5.74, 6) is 2.93. The molecule has 2 aliphatic heterocycles. The average Bonchev–Trinajstić information content (AvgIpc) is 3.10. The van der Waals surface area contributed by atoms with Crippen LogP contribution in [-0.2, 0) is 15.8 Å².